The maximum absolute atomic E-state index is 13.2. The molecule has 0 aliphatic carbocycles. The molecule has 1 aliphatic heterocycles. The second kappa shape index (κ2) is 9.87. The summed E-state index contributed by atoms with van der Waals surface area (Å²) >= 11 is 0. The summed E-state index contributed by atoms with van der Waals surface area (Å²) < 4.78 is 11.0. The van der Waals surface area contributed by atoms with Crippen molar-refractivity contribution in [1.29, 1.82) is 0 Å². The number of ketones is 1. The van der Waals surface area contributed by atoms with Crippen LogP contribution in [0.3, 0.4) is 0 Å². The van der Waals surface area contributed by atoms with E-state index in [1.165, 1.54) is 11.2 Å². The Morgan fingerprint density at radius 1 is 1.06 bits per heavy atom. The van der Waals surface area contributed by atoms with Gasteiger partial charge in [0.25, 0.3) is 11.7 Å². The van der Waals surface area contributed by atoms with Gasteiger partial charge in [-0.3, -0.25) is 9.59 Å². The van der Waals surface area contributed by atoms with Crippen LogP contribution in [0, 0.1) is 0 Å². The summed E-state index contributed by atoms with van der Waals surface area (Å²) in [4.78, 5) is 29.6. The number of rotatable bonds is 8. The highest BCUT2D eigenvalue weighted by Crippen LogP contribution is 2.40. The molecule has 3 aromatic rings. The Kier molecular flexibility index (Phi) is 6.72. The molecule has 0 bridgehead atoms. The number of anilines is 1. The van der Waals surface area contributed by atoms with Gasteiger partial charge >= 0.3 is 0 Å². The molecule has 34 heavy (non-hydrogen) atoms. The first-order valence-electron chi connectivity index (χ1n) is 11.2. The number of aliphatic hydroxyl groups is 1. The van der Waals surface area contributed by atoms with E-state index in [1.807, 2.05) is 50.2 Å². The van der Waals surface area contributed by atoms with Crippen LogP contribution in [0.4, 0.5) is 5.69 Å². The van der Waals surface area contributed by atoms with Crippen molar-refractivity contribution in [3.63, 3.8) is 0 Å². The Labute approximate surface area is 198 Å². The molecule has 1 atom stereocenters. The Morgan fingerprint density at radius 2 is 1.76 bits per heavy atom. The first-order chi connectivity index (χ1) is 16.4. The van der Waals surface area contributed by atoms with Crippen LogP contribution in [0.5, 0.6) is 5.75 Å². The summed E-state index contributed by atoms with van der Waals surface area (Å²) in [6, 6.07) is 17.2. The normalized spacial score (nSPS) is 17.3. The standard InChI is InChI=1S/C27H28N2O5/c1-4-15-33-21-13-9-19(10-14-21)25(30)23-24(18-7-11-20(12-8-18)28(2)3)29(27(32)26(23)31)17-22-6-5-16-34-22/h5-14,16,24,30H,4,15,17H2,1-3H3/b25-23-. The van der Waals surface area contributed by atoms with Gasteiger partial charge in [-0.15, -0.1) is 0 Å². The molecule has 0 radical (unpaired) electrons. The molecule has 1 saturated heterocycles. The molecule has 2 heterocycles. The lowest BCUT2D eigenvalue weighted by atomic mass is 9.95. The zero-order valence-corrected chi connectivity index (χ0v) is 19.5. The number of amides is 1. The van der Waals surface area contributed by atoms with Gasteiger partial charge < -0.3 is 24.1 Å². The van der Waals surface area contributed by atoms with Gasteiger partial charge in [-0.1, -0.05) is 19.1 Å². The lowest BCUT2D eigenvalue weighted by Gasteiger charge is -2.25. The second-order valence-electron chi connectivity index (χ2n) is 8.37. The Hall–Kier alpha value is -4.00. The third-order valence-corrected chi connectivity index (χ3v) is 5.77. The Balaban J connectivity index is 1.77. The van der Waals surface area contributed by atoms with Gasteiger partial charge in [0.15, 0.2) is 0 Å². The number of hydrogen-bond donors (Lipinski definition) is 1. The quantitative estimate of drug-likeness (QED) is 0.297. The van der Waals surface area contributed by atoms with Crippen molar-refractivity contribution in [2.45, 2.75) is 25.9 Å². The average Bonchev–Trinajstić information content (AvgIpc) is 3.45. The van der Waals surface area contributed by atoms with Gasteiger partial charge in [-0.2, -0.15) is 0 Å². The molecule has 1 aliphatic rings. The van der Waals surface area contributed by atoms with E-state index in [9.17, 15) is 14.7 Å². The van der Waals surface area contributed by atoms with Crippen molar-refractivity contribution in [3.05, 3.63) is 89.4 Å². The summed E-state index contributed by atoms with van der Waals surface area (Å²) in [5.74, 6) is -0.398. The Morgan fingerprint density at radius 3 is 2.35 bits per heavy atom. The van der Waals surface area contributed by atoms with Gasteiger partial charge in [0.2, 0.25) is 0 Å². The predicted octanol–water partition coefficient (Wildman–Crippen LogP) is 4.76. The lowest BCUT2D eigenvalue weighted by Crippen LogP contribution is -2.29. The van der Waals surface area contributed by atoms with Crippen molar-refractivity contribution in [1.82, 2.24) is 4.90 Å². The molecule has 0 spiro atoms. The lowest BCUT2D eigenvalue weighted by molar-refractivity contribution is -0.140. The van der Waals surface area contributed by atoms with E-state index < -0.39 is 17.7 Å². The Bertz CT molecular complexity index is 1180. The van der Waals surface area contributed by atoms with Crippen molar-refractivity contribution >= 4 is 23.1 Å². The van der Waals surface area contributed by atoms with Crippen molar-refractivity contribution < 1.29 is 23.8 Å². The number of likely N-dealkylation sites (tertiary alicyclic amines) is 1. The highest BCUT2D eigenvalue weighted by atomic mass is 16.5. The summed E-state index contributed by atoms with van der Waals surface area (Å²) in [6.07, 6.45) is 2.41. The third kappa shape index (κ3) is 4.55. The van der Waals surface area contributed by atoms with Crippen LogP contribution in [0.15, 0.2) is 76.9 Å². The van der Waals surface area contributed by atoms with Crippen molar-refractivity contribution in [2.24, 2.45) is 0 Å². The van der Waals surface area contributed by atoms with Crippen LogP contribution >= 0.6 is 0 Å². The van der Waals surface area contributed by atoms with Crippen LogP contribution in [-0.2, 0) is 16.1 Å². The van der Waals surface area contributed by atoms with Gasteiger partial charge in [-0.05, 0) is 60.5 Å². The minimum Gasteiger partial charge on any atom is -0.507 e. The van der Waals surface area contributed by atoms with Crippen LogP contribution in [0.1, 0.15) is 36.3 Å². The number of carbonyl (C=O) groups excluding carboxylic acids is 2. The number of nitrogens with zero attached hydrogens (tertiary/aromatic N) is 2. The van der Waals surface area contributed by atoms with Crippen LogP contribution < -0.4 is 9.64 Å². The summed E-state index contributed by atoms with van der Waals surface area (Å²) in [5.41, 5.74) is 2.20. The van der Waals surface area contributed by atoms with E-state index in [2.05, 4.69) is 0 Å². The van der Waals surface area contributed by atoms with E-state index >= 15 is 0 Å². The summed E-state index contributed by atoms with van der Waals surface area (Å²) in [7, 11) is 3.87. The molecule has 1 unspecified atom stereocenters. The van der Waals surface area contributed by atoms with E-state index in [0.29, 0.717) is 23.7 Å². The zero-order chi connectivity index (χ0) is 24.2. The predicted molar refractivity (Wildman–Crippen MR) is 130 cm³/mol. The number of carbonyl (C=O) groups is 2. The maximum Gasteiger partial charge on any atom is 0.296 e. The first-order valence-corrected chi connectivity index (χ1v) is 11.2. The molecule has 176 valence electrons. The molecule has 0 saturated carbocycles. The number of benzene rings is 2. The molecular weight excluding hydrogens is 432 g/mol. The molecular formula is C27H28N2O5. The maximum atomic E-state index is 13.2. The molecule has 1 fully saturated rings. The fraction of sp³-hybridized carbons (Fsp3) is 0.259. The average molecular weight is 461 g/mol. The molecule has 2 aromatic carbocycles. The first kappa shape index (κ1) is 23.2. The molecule has 1 amide bonds. The van der Waals surface area contributed by atoms with E-state index in [-0.39, 0.29) is 17.9 Å². The highest BCUT2D eigenvalue weighted by molar-refractivity contribution is 6.46. The van der Waals surface area contributed by atoms with Gasteiger partial charge in [0, 0.05) is 25.3 Å². The topological polar surface area (TPSA) is 83.2 Å². The van der Waals surface area contributed by atoms with Crippen LogP contribution in [0.2, 0.25) is 0 Å². The zero-order valence-electron chi connectivity index (χ0n) is 19.5. The minimum absolute atomic E-state index is 0.0522. The number of aliphatic hydroxyl groups excluding tert-OH is 1. The third-order valence-electron chi connectivity index (χ3n) is 5.77. The smallest absolute Gasteiger partial charge is 0.296 e. The van der Waals surface area contributed by atoms with Gasteiger partial charge in [0.05, 0.1) is 31.0 Å². The minimum atomic E-state index is -0.752. The number of Topliss-reactive ketones (excluding diaryl/α,β-unsaturated/α-hetero) is 1. The molecule has 1 N–H and O–H groups in total. The molecule has 1 aromatic heterocycles. The van der Waals surface area contributed by atoms with Crippen molar-refractivity contribution in [3.8, 4) is 5.75 Å². The molecule has 7 nitrogen and oxygen atoms in total. The van der Waals surface area contributed by atoms with E-state index in [1.54, 1.807) is 36.4 Å². The largest absolute Gasteiger partial charge is 0.507 e. The molecule has 4 rings (SSSR count). The van der Waals surface area contributed by atoms with Gasteiger partial charge in [-0.25, -0.2) is 0 Å². The van der Waals surface area contributed by atoms with Gasteiger partial charge in [0.1, 0.15) is 17.3 Å². The van der Waals surface area contributed by atoms with Crippen LogP contribution in [0.25, 0.3) is 5.76 Å². The summed E-state index contributed by atoms with van der Waals surface area (Å²) in [6.45, 7) is 2.72. The highest BCUT2D eigenvalue weighted by Gasteiger charge is 2.46. The van der Waals surface area contributed by atoms with Crippen molar-refractivity contribution in [2.75, 3.05) is 25.6 Å². The van der Waals surface area contributed by atoms with E-state index in [4.69, 9.17) is 9.15 Å². The second-order valence-corrected chi connectivity index (χ2v) is 8.37. The molecule has 7 heteroatoms. The fourth-order valence-electron chi connectivity index (χ4n) is 4.00. The number of hydrogen-bond acceptors (Lipinski definition) is 6. The van der Waals surface area contributed by atoms with E-state index in [0.717, 1.165) is 17.7 Å². The number of ether oxygens (including phenoxy) is 1. The fourth-order valence-corrected chi connectivity index (χ4v) is 4.00. The summed E-state index contributed by atoms with van der Waals surface area (Å²) in [5, 5.41) is 11.2. The SMILES string of the molecule is CCCOc1ccc(/C(O)=C2/C(=O)C(=O)N(Cc3ccco3)C2c2ccc(N(C)C)cc2)cc1. The monoisotopic (exact) mass is 460 g/mol. The number of furan rings is 1. The van der Waals surface area contributed by atoms with Crippen LogP contribution in [-0.4, -0.2) is 42.4 Å².